The molecule has 1 N–H and O–H groups in total. The monoisotopic (exact) mass is 305 g/mol. The zero-order valence-electron chi connectivity index (χ0n) is 13.4. The van der Waals surface area contributed by atoms with Crippen LogP contribution in [-0.2, 0) is 9.53 Å². The predicted octanol–water partition coefficient (Wildman–Crippen LogP) is 2.07. The number of carbonyl (C=O) groups excluding carboxylic acids is 1. The van der Waals surface area contributed by atoms with Gasteiger partial charge in [-0.25, -0.2) is 0 Å². The number of aryl methyl sites for hydroxylation is 1. The number of hydrogen-bond donors (Lipinski definition) is 1. The van der Waals surface area contributed by atoms with Gasteiger partial charge in [-0.15, -0.1) is 0 Å². The molecule has 1 amide bonds. The molecule has 0 spiro atoms. The Morgan fingerprint density at radius 3 is 2.91 bits per heavy atom. The molecular weight excluding hydrogens is 282 g/mol. The van der Waals surface area contributed by atoms with Gasteiger partial charge in [-0.05, 0) is 39.7 Å². The van der Waals surface area contributed by atoms with Crippen molar-refractivity contribution in [1.29, 1.82) is 5.26 Å². The second-order valence-electron chi connectivity index (χ2n) is 5.93. The number of hydrogen-bond acceptors (Lipinski definition) is 5. The van der Waals surface area contributed by atoms with Gasteiger partial charge in [0.2, 0.25) is 11.8 Å². The van der Waals surface area contributed by atoms with E-state index >= 15 is 0 Å². The van der Waals surface area contributed by atoms with E-state index in [1.807, 2.05) is 18.9 Å². The molecule has 1 aliphatic rings. The Balaban J connectivity index is 1.87. The molecule has 1 unspecified atom stereocenters. The summed E-state index contributed by atoms with van der Waals surface area (Å²) in [5.74, 6) is 1.20. The first-order valence-electron chi connectivity index (χ1n) is 7.57. The Bertz CT molecular complexity index is 568. The normalized spacial score (nSPS) is 18.2. The maximum Gasteiger partial charge on any atom is 0.240 e. The second kappa shape index (κ2) is 7.43. The Labute approximate surface area is 131 Å². The van der Waals surface area contributed by atoms with Gasteiger partial charge in [-0.3, -0.25) is 15.0 Å². The maximum absolute atomic E-state index is 12.1. The number of nitriles is 1. The lowest BCUT2D eigenvalue weighted by atomic mass is 10.0. The van der Waals surface area contributed by atoms with E-state index in [-0.39, 0.29) is 18.3 Å². The van der Waals surface area contributed by atoms with Crippen LogP contribution in [0.2, 0.25) is 0 Å². The molecule has 1 aromatic heterocycles. The van der Waals surface area contributed by atoms with Crippen molar-refractivity contribution < 1.29 is 13.9 Å². The Morgan fingerprint density at radius 1 is 1.50 bits per heavy atom. The Kier molecular flexibility index (Phi) is 5.58. The van der Waals surface area contributed by atoms with Crippen LogP contribution in [0.5, 0.6) is 0 Å². The molecule has 6 heteroatoms. The second-order valence-corrected chi connectivity index (χ2v) is 5.93. The summed E-state index contributed by atoms with van der Waals surface area (Å²) >= 11 is 0. The molecule has 0 radical (unpaired) electrons. The fourth-order valence-electron chi connectivity index (χ4n) is 2.72. The minimum absolute atomic E-state index is 0.176. The fourth-order valence-corrected chi connectivity index (χ4v) is 2.72. The largest absolute Gasteiger partial charge is 0.444 e. The van der Waals surface area contributed by atoms with Gasteiger partial charge in [-0.1, -0.05) is 0 Å². The number of amides is 1. The van der Waals surface area contributed by atoms with Crippen LogP contribution in [0, 0.1) is 31.1 Å². The lowest BCUT2D eigenvalue weighted by Gasteiger charge is -2.26. The highest BCUT2D eigenvalue weighted by Gasteiger charge is 2.19. The summed E-state index contributed by atoms with van der Waals surface area (Å²) in [6, 6.07) is 2.07. The summed E-state index contributed by atoms with van der Waals surface area (Å²) in [6.45, 7) is 6.29. The van der Waals surface area contributed by atoms with Crippen LogP contribution in [0.4, 0.5) is 5.88 Å². The fraction of sp³-hybridized carbons (Fsp3) is 0.625. The van der Waals surface area contributed by atoms with Crippen molar-refractivity contribution in [3.63, 3.8) is 0 Å². The van der Waals surface area contributed by atoms with Gasteiger partial charge in [0.1, 0.15) is 17.4 Å². The van der Waals surface area contributed by atoms with E-state index < -0.39 is 0 Å². The van der Waals surface area contributed by atoms with Crippen LogP contribution in [0.3, 0.4) is 0 Å². The third kappa shape index (κ3) is 4.09. The number of nitrogens with one attached hydrogen (secondary N) is 1. The molecule has 1 fully saturated rings. The number of rotatable bonds is 5. The molecule has 120 valence electrons. The number of furan rings is 1. The highest BCUT2D eigenvalue weighted by molar-refractivity contribution is 5.92. The topological polar surface area (TPSA) is 78.5 Å². The predicted molar refractivity (Wildman–Crippen MR) is 82.6 cm³/mol. The van der Waals surface area contributed by atoms with Crippen molar-refractivity contribution in [2.45, 2.75) is 26.7 Å². The van der Waals surface area contributed by atoms with Gasteiger partial charge in [0.05, 0.1) is 13.2 Å². The van der Waals surface area contributed by atoms with Crippen LogP contribution < -0.4 is 5.32 Å². The summed E-state index contributed by atoms with van der Waals surface area (Å²) in [4.78, 5) is 14.1. The molecule has 1 saturated heterocycles. The summed E-state index contributed by atoms with van der Waals surface area (Å²) < 4.78 is 10.9. The third-order valence-electron chi connectivity index (χ3n) is 3.99. The van der Waals surface area contributed by atoms with Crippen LogP contribution in [0.1, 0.15) is 29.7 Å². The molecule has 2 rings (SSSR count). The standard InChI is InChI=1S/C16H23N3O3/c1-11-12(2)22-16(14(11)7-17)18-15(20)9-19(3)8-13-5-4-6-21-10-13/h13H,4-6,8-10H2,1-3H3,(H,18,20). The highest BCUT2D eigenvalue weighted by atomic mass is 16.5. The van der Waals surface area contributed by atoms with Crippen LogP contribution in [-0.4, -0.2) is 44.2 Å². The summed E-state index contributed by atoms with van der Waals surface area (Å²) in [5.41, 5.74) is 1.17. The van der Waals surface area contributed by atoms with E-state index in [0.29, 0.717) is 17.2 Å². The van der Waals surface area contributed by atoms with Crippen molar-refractivity contribution in [1.82, 2.24) is 4.90 Å². The molecule has 0 aliphatic carbocycles. The number of anilines is 1. The summed E-state index contributed by atoms with van der Waals surface area (Å²) in [5, 5.41) is 11.8. The average Bonchev–Trinajstić information content (AvgIpc) is 2.73. The summed E-state index contributed by atoms with van der Waals surface area (Å²) in [7, 11) is 1.91. The molecule has 22 heavy (non-hydrogen) atoms. The highest BCUT2D eigenvalue weighted by Crippen LogP contribution is 2.25. The van der Waals surface area contributed by atoms with E-state index in [0.717, 1.165) is 38.2 Å². The van der Waals surface area contributed by atoms with Crippen molar-refractivity contribution in [2.75, 3.05) is 38.7 Å². The van der Waals surface area contributed by atoms with Gasteiger partial charge in [0.15, 0.2) is 0 Å². The summed E-state index contributed by atoms with van der Waals surface area (Å²) in [6.07, 6.45) is 2.22. The van der Waals surface area contributed by atoms with Crippen LogP contribution in [0.25, 0.3) is 0 Å². The minimum atomic E-state index is -0.176. The first kappa shape index (κ1) is 16.5. The molecular formula is C16H23N3O3. The molecule has 0 bridgehead atoms. The van der Waals surface area contributed by atoms with Crippen molar-refractivity contribution in [3.05, 3.63) is 16.9 Å². The van der Waals surface area contributed by atoms with Gasteiger partial charge in [0, 0.05) is 18.7 Å². The van der Waals surface area contributed by atoms with Crippen molar-refractivity contribution in [3.8, 4) is 6.07 Å². The van der Waals surface area contributed by atoms with Crippen LogP contribution in [0.15, 0.2) is 4.42 Å². The Morgan fingerprint density at radius 2 is 2.27 bits per heavy atom. The number of likely N-dealkylation sites (N-methyl/N-ethyl adjacent to an activating group) is 1. The minimum Gasteiger partial charge on any atom is -0.444 e. The average molecular weight is 305 g/mol. The quantitative estimate of drug-likeness (QED) is 0.901. The SMILES string of the molecule is Cc1oc(NC(=O)CN(C)CC2CCCOC2)c(C#N)c1C. The first-order valence-corrected chi connectivity index (χ1v) is 7.57. The molecule has 0 aromatic carbocycles. The van der Waals surface area contributed by atoms with Gasteiger partial charge < -0.3 is 9.15 Å². The van der Waals surface area contributed by atoms with E-state index in [1.165, 1.54) is 0 Å². The number of carbonyl (C=O) groups is 1. The molecule has 1 aromatic rings. The van der Waals surface area contributed by atoms with E-state index in [9.17, 15) is 4.79 Å². The van der Waals surface area contributed by atoms with Gasteiger partial charge >= 0.3 is 0 Å². The van der Waals surface area contributed by atoms with Crippen LogP contribution >= 0.6 is 0 Å². The zero-order valence-corrected chi connectivity index (χ0v) is 13.4. The number of nitrogens with zero attached hydrogens (tertiary/aromatic N) is 2. The molecule has 6 nitrogen and oxygen atoms in total. The van der Waals surface area contributed by atoms with Gasteiger partial charge in [-0.2, -0.15) is 5.26 Å². The lowest BCUT2D eigenvalue weighted by molar-refractivity contribution is -0.117. The van der Waals surface area contributed by atoms with E-state index in [2.05, 4.69) is 11.4 Å². The molecule has 1 aliphatic heterocycles. The Hall–Kier alpha value is -1.84. The van der Waals surface area contributed by atoms with E-state index in [4.69, 9.17) is 14.4 Å². The lowest BCUT2D eigenvalue weighted by Crippen LogP contribution is -2.36. The number of ether oxygens (including phenoxy) is 1. The molecule has 2 heterocycles. The molecule has 0 saturated carbocycles. The van der Waals surface area contributed by atoms with Crippen molar-refractivity contribution >= 4 is 11.8 Å². The van der Waals surface area contributed by atoms with E-state index in [1.54, 1.807) is 6.92 Å². The first-order chi connectivity index (χ1) is 10.5. The molecule has 1 atom stereocenters. The zero-order chi connectivity index (χ0) is 16.1. The van der Waals surface area contributed by atoms with Gasteiger partial charge in [0.25, 0.3) is 0 Å². The van der Waals surface area contributed by atoms with Crippen molar-refractivity contribution in [2.24, 2.45) is 5.92 Å². The smallest absolute Gasteiger partial charge is 0.240 e. The maximum atomic E-state index is 12.1. The third-order valence-corrected chi connectivity index (χ3v) is 3.99.